The monoisotopic (exact) mass is 434 g/mol. The number of carbonyl (C=O) groups excluding carboxylic acids is 1. The molecule has 1 atom stereocenters. The van der Waals surface area contributed by atoms with Gasteiger partial charge in [0, 0.05) is 35.2 Å². The van der Waals surface area contributed by atoms with E-state index in [4.69, 9.17) is 9.72 Å². The molecule has 1 saturated heterocycles. The van der Waals surface area contributed by atoms with Gasteiger partial charge in [0.2, 0.25) is 5.95 Å². The van der Waals surface area contributed by atoms with E-state index in [1.54, 1.807) is 4.90 Å². The van der Waals surface area contributed by atoms with Crippen molar-refractivity contribution in [3.8, 4) is 0 Å². The number of ether oxygens (including phenoxy) is 1. The Morgan fingerprint density at radius 3 is 2.89 bits per heavy atom. The first-order valence-corrected chi connectivity index (χ1v) is 10.2. The lowest BCUT2D eigenvalue weighted by molar-refractivity contribution is 0.0206. The van der Waals surface area contributed by atoms with Crippen LogP contribution in [0.25, 0.3) is 10.9 Å². The molecule has 2 aromatic rings. The first kappa shape index (κ1) is 19.9. The van der Waals surface area contributed by atoms with Gasteiger partial charge in [0.1, 0.15) is 5.60 Å². The lowest BCUT2D eigenvalue weighted by atomic mass is 10.1. The van der Waals surface area contributed by atoms with Gasteiger partial charge in [-0.25, -0.2) is 14.8 Å². The van der Waals surface area contributed by atoms with Gasteiger partial charge in [0.25, 0.3) is 0 Å². The van der Waals surface area contributed by atoms with Crippen molar-refractivity contribution < 1.29 is 9.53 Å². The summed E-state index contributed by atoms with van der Waals surface area (Å²) in [6.45, 7) is 9.10. The van der Waals surface area contributed by atoms with Crippen LogP contribution in [0.1, 0.15) is 46.1 Å². The fraction of sp³-hybridized carbons (Fsp3) is 0.550. The summed E-state index contributed by atoms with van der Waals surface area (Å²) in [5, 5.41) is 4.42. The third kappa shape index (κ3) is 5.09. The highest BCUT2D eigenvalue weighted by molar-refractivity contribution is 9.10. The zero-order valence-electron chi connectivity index (χ0n) is 16.4. The second kappa shape index (κ2) is 8.00. The summed E-state index contributed by atoms with van der Waals surface area (Å²) < 4.78 is 6.54. The average Bonchev–Trinajstić information content (AvgIpc) is 2.60. The quantitative estimate of drug-likeness (QED) is 0.753. The van der Waals surface area contributed by atoms with E-state index in [0.29, 0.717) is 12.5 Å². The second-order valence-electron chi connectivity index (χ2n) is 7.96. The van der Waals surface area contributed by atoms with Gasteiger partial charge in [-0.15, -0.1) is 0 Å². The molecule has 6 nitrogen and oxygen atoms in total. The Kier molecular flexibility index (Phi) is 5.89. The van der Waals surface area contributed by atoms with Gasteiger partial charge >= 0.3 is 6.09 Å². The van der Waals surface area contributed by atoms with Gasteiger partial charge in [-0.1, -0.05) is 22.9 Å². The summed E-state index contributed by atoms with van der Waals surface area (Å²) in [4.78, 5) is 23.3. The predicted octanol–water partition coefficient (Wildman–Crippen LogP) is 4.77. The number of aromatic nitrogens is 2. The van der Waals surface area contributed by atoms with Gasteiger partial charge in [-0.2, -0.15) is 0 Å². The standard InChI is InChI=1S/C20H27BrN4O2/c1-5-13-9-15(21)10-14-11-22-18(24-17(13)14)23-16-7-6-8-25(12-16)19(26)27-20(2,3)4/h9-11,16H,5-8,12H2,1-4H3,(H,22,23,24)/t16-/m0/s1. The van der Waals surface area contributed by atoms with E-state index >= 15 is 0 Å². The zero-order chi connectivity index (χ0) is 19.6. The molecule has 1 aromatic carbocycles. The number of benzene rings is 1. The van der Waals surface area contributed by atoms with Crippen LogP contribution in [0.4, 0.5) is 10.7 Å². The van der Waals surface area contributed by atoms with E-state index in [1.165, 1.54) is 5.56 Å². The molecular formula is C20H27BrN4O2. The zero-order valence-corrected chi connectivity index (χ0v) is 18.0. The molecule has 1 aliphatic rings. The third-order valence-electron chi connectivity index (χ3n) is 4.51. The van der Waals surface area contributed by atoms with Crippen molar-refractivity contribution in [3.05, 3.63) is 28.4 Å². The molecule has 27 heavy (non-hydrogen) atoms. The molecule has 0 saturated carbocycles. The number of amides is 1. The number of piperidine rings is 1. The summed E-state index contributed by atoms with van der Waals surface area (Å²) in [7, 11) is 0. The first-order valence-electron chi connectivity index (χ1n) is 9.45. The molecule has 146 valence electrons. The Hall–Kier alpha value is -1.89. The number of carbonyl (C=O) groups is 1. The molecule has 1 N–H and O–H groups in total. The molecule has 0 unspecified atom stereocenters. The maximum atomic E-state index is 12.3. The van der Waals surface area contributed by atoms with Crippen LogP contribution in [-0.2, 0) is 11.2 Å². The molecule has 0 bridgehead atoms. The van der Waals surface area contributed by atoms with E-state index in [9.17, 15) is 4.79 Å². The molecule has 1 aromatic heterocycles. The van der Waals surface area contributed by atoms with Crippen molar-refractivity contribution in [3.63, 3.8) is 0 Å². The first-order chi connectivity index (χ1) is 12.7. The van der Waals surface area contributed by atoms with Crippen LogP contribution in [0.5, 0.6) is 0 Å². The van der Waals surface area contributed by atoms with Crippen LogP contribution in [0.3, 0.4) is 0 Å². The number of halogens is 1. The Balaban J connectivity index is 1.73. The molecular weight excluding hydrogens is 408 g/mol. The number of nitrogens with zero attached hydrogens (tertiary/aromatic N) is 3. The van der Waals surface area contributed by atoms with Crippen LogP contribution in [0.15, 0.2) is 22.8 Å². The van der Waals surface area contributed by atoms with Gasteiger partial charge in [-0.3, -0.25) is 0 Å². The summed E-state index contributed by atoms with van der Waals surface area (Å²) >= 11 is 3.54. The summed E-state index contributed by atoms with van der Waals surface area (Å²) in [6.07, 6.45) is 4.40. The molecule has 0 aliphatic carbocycles. The van der Waals surface area contributed by atoms with E-state index in [2.05, 4.69) is 39.2 Å². The number of anilines is 1. The normalized spacial score (nSPS) is 17.8. The highest BCUT2D eigenvalue weighted by Crippen LogP contribution is 2.24. The minimum atomic E-state index is -0.482. The molecule has 3 rings (SSSR count). The van der Waals surface area contributed by atoms with Crippen molar-refractivity contribution >= 4 is 38.9 Å². The Morgan fingerprint density at radius 2 is 2.19 bits per heavy atom. The van der Waals surface area contributed by atoms with Gasteiger partial charge in [-0.05, 0) is 57.7 Å². The van der Waals surface area contributed by atoms with Crippen LogP contribution in [0.2, 0.25) is 0 Å². The minimum absolute atomic E-state index is 0.115. The maximum absolute atomic E-state index is 12.3. The van der Waals surface area contributed by atoms with Crippen molar-refractivity contribution in [1.29, 1.82) is 0 Å². The van der Waals surface area contributed by atoms with E-state index < -0.39 is 5.60 Å². The molecule has 0 radical (unpaired) electrons. The predicted molar refractivity (Wildman–Crippen MR) is 111 cm³/mol. The van der Waals surface area contributed by atoms with Crippen LogP contribution >= 0.6 is 15.9 Å². The maximum Gasteiger partial charge on any atom is 0.410 e. The number of likely N-dealkylation sites (tertiary alicyclic amines) is 1. The van der Waals surface area contributed by atoms with Crippen molar-refractivity contribution in [1.82, 2.24) is 14.9 Å². The number of hydrogen-bond donors (Lipinski definition) is 1. The highest BCUT2D eigenvalue weighted by Gasteiger charge is 2.28. The fourth-order valence-corrected chi connectivity index (χ4v) is 3.81. The number of fused-ring (bicyclic) bond motifs is 1. The number of aryl methyl sites for hydroxylation is 1. The molecule has 1 fully saturated rings. The SMILES string of the molecule is CCc1cc(Br)cc2cnc(N[C@H]3CCCN(C(=O)OC(C)(C)C)C3)nc12. The highest BCUT2D eigenvalue weighted by atomic mass is 79.9. The van der Waals surface area contributed by atoms with Gasteiger partial charge in [0.15, 0.2) is 0 Å². The van der Waals surface area contributed by atoms with E-state index in [-0.39, 0.29) is 12.1 Å². The smallest absolute Gasteiger partial charge is 0.410 e. The van der Waals surface area contributed by atoms with Crippen LogP contribution < -0.4 is 5.32 Å². The molecule has 7 heteroatoms. The molecule has 0 spiro atoms. The molecule has 1 aliphatic heterocycles. The Labute approximate surface area is 168 Å². The van der Waals surface area contributed by atoms with Crippen LogP contribution in [-0.4, -0.2) is 45.7 Å². The van der Waals surface area contributed by atoms with E-state index in [1.807, 2.05) is 33.0 Å². The molecule has 1 amide bonds. The number of rotatable bonds is 3. The second-order valence-corrected chi connectivity index (χ2v) is 8.88. The lowest BCUT2D eigenvalue weighted by Gasteiger charge is -2.34. The largest absolute Gasteiger partial charge is 0.444 e. The third-order valence-corrected chi connectivity index (χ3v) is 4.97. The molecule has 2 heterocycles. The fourth-order valence-electron chi connectivity index (χ4n) is 3.29. The Bertz CT molecular complexity index is 835. The van der Waals surface area contributed by atoms with Crippen LogP contribution in [0, 0.1) is 0 Å². The van der Waals surface area contributed by atoms with Crippen molar-refractivity contribution in [2.24, 2.45) is 0 Å². The van der Waals surface area contributed by atoms with Crippen molar-refractivity contribution in [2.75, 3.05) is 18.4 Å². The van der Waals surface area contributed by atoms with Gasteiger partial charge < -0.3 is 15.0 Å². The van der Waals surface area contributed by atoms with E-state index in [0.717, 1.165) is 41.2 Å². The minimum Gasteiger partial charge on any atom is -0.444 e. The summed E-state index contributed by atoms with van der Waals surface area (Å²) in [6, 6.07) is 4.25. The average molecular weight is 435 g/mol. The number of hydrogen-bond acceptors (Lipinski definition) is 5. The topological polar surface area (TPSA) is 67.4 Å². The summed E-state index contributed by atoms with van der Waals surface area (Å²) in [5.41, 5.74) is 1.67. The van der Waals surface area contributed by atoms with Gasteiger partial charge in [0.05, 0.1) is 5.52 Å². The Morgan fingerprint density at radius 1 is 1.41 bits per heavy atom. The lowest BCUT2D eigenvalue weighted by Crippen LogP contribution is -2.47. The number of nitrogens with one attached hydrogen (secondary N) is 1. The summed E-state index contributed by atoms with van der Waals surface area (Å²) in [5.74, 6) is 0.607. The van der Waals surface area contributed by atoms with Crippen molar-refractivity contribution in [2.45, 2.75) is 58.6 Å².